The van der Waals surface area contributed by atoms with Crippen LogP contribution in [0, 0.1) is 11.3 Å². The number of ether oxygens (including phenoxy) is 2. The summed E-state index contributed by atoms with van der Waals surface area (Å²) in [5, 5.41) is 15.9. The summed E-state index contributed by atoms with van der Waals surface area (Å²) in [7, 11) is 0. The molecule has 2 aromatic rings. The third kappa shape index (κ3) is 2.92. The van der Waals surface area contributed by atoms with Gasteiger partial charge >= 0.3 is 0 Å². The number of hydrogen-bond acceptors (Lipinski definition) is 6. The van der Waals surface area contributed by atoms with Gasteiger partial charge in [0, 0.05) is 10.4 Å². The second-order valence-electron chi connectivity index (χ2n) is 5.65. The third-order valence-electron chi connectivity index (χ3n) is 4.12. The SMILES string of the molecule is N#Cc1c(NC(=S)NC(=O)c2ccc3c(c2)OCO3)sc2c1CCC2. The molecule has 6 nitrogen and oxygen atoms in total. The number of thiocarbonyl (C=S) groups is 1. The molecule has 0 fully saturated rings. The van der Waals surface area contributed by atoms with Crippen molar-refractivity contribution in [3.05, 3.63) is 39.8 Å². The Hall–Kier alpha value is -2.63. The monoisotopic (exact) mass is 371 g/mol. The van der Waals surface area contributed by atoms with E-state index in [0.29, 0.717) is 27.6 Å². The van der Waals surface area contributed by atoms with Crippen LogP contribution < -0.4 is 20.1 Å². The molecule has 1 aromatic heterocycles. The van der Waals surface area contributed by atoms with Crippen LogP contribution >= 0.6 is 23.6 Å². The van der Waals surface area contributed by atoms with Gasteiger partial charge in [0.25, 0.3) is 5.91 Å². The van der Waals surface area contributed by atoms with Gasteiger partial charge in [0.15, 0.2) is 16.6 Å². The maximum atomic E-state index is 12.3. The number of rotatable bonds is 2. The van der Waals surface area contributed by atoms with E-state index in [-0.39, 0.29) is 17.8 Å². The molecule has 0 unspecified atom stereocenters. The number of nitriles is 1. The van der Waals surface area contributed by atoms with Gasteiger partial charge < -0.3 is 14.8 Å². The predicted molar refractivity (Wildman–Crippen MR) is 97.3 cm³/mol. The smallest absolute Gasteiger partial charge is 0.257 e. The van der Waals surface area contributed by atoms with Crippen LogP contribution in [0.2, 0.25) is 0 Å². The van der Waals surface area contributed by atoms with Crippen LogP contribution in [0.5, 0.6) is 11.5 Å². The highest BCUT2D eigenvalue weighted by Gasteiger charge is 2.23. The number of thiophene rings is 1. The van der Waals surface area contributed by atoms with Crippen molar-refractivity contribution < 1.29 is 14.3 Å². The van der Waals surface area contributed by atoms with Gasteiger partial charge in [-0.1, -0.05) is 0 Å². The molecular formula is C17H13N3O3S2. The molecule has 1 amide bonds. The lowest BCUT2D eigenvalue weighted by Crippen LogP contribution is -2.34. The topological polar surface area (TPSA) is 83.4 Å². The zero-order valence-corrected chi connectivity index (χ0v) is 14.7. The van der Waals surface area contributed by atoms with Crippen molar-refractivity contribution in [2.75, 3.05) is 12.1 Å². The Bertz CT molecular complexity index is 930. The number of hydrogen-bond donors (Lipinski definition) is 2. The van der Waals surface area contributed by atoms with Crippen LogP contribution in [0.25, 0.3) is 0 Å². The Morgan fingerprint density at radius 3 is 2.96 bits per heavy atom. The summed E-state index contributed by atoms with van der Waals surface area (Å²) in [6, 6.07) is 7.18. The first-order chi connectivity index (χ1) is 12.2. The molecule has 2 aliphatic rings. The second-order valence-corrected chi connectivity index (χ2v) is 7.16. The van der Waals surface area contributed by atoms with Gasteiger partial charge in [0.1, 0.15) is 11.1 Å². The normalized spacial score (nSPS) is 13.9. The highest BCUT2D eigenvalue weighted by atomic mass is 32.1. The summed E-state index contributed by atoms with van der Waals surface area (Å²) in [6.07, 6.45) is 3.00. The minimum atomic E-state index is -0.349. The number of fused-ring (bicyclic) bond motifs is 2. The Kier molecular flexibility index (Phi) is 4.03. The first-order valence-corrected chi connectivity index (χ1v) is 8.95. The van der Waals surface area contributed by atoms with Crippen LogP contribution in [-0.4, -0.2) is 17.8 Å². The lowest BCUT2D eigenvalue weighted by Gasteiger charge is -2.09. The molecule has 126 valence electrons. The molecule has 0 bridgehead atoms. The Morgan fingerprint density at radius 1 is 1.28 bits per heavy atom. The number of aryl methyl sites for hydroxylation is 1. The van der Waals surface area contributed by atoms with Crippen LogP contribution in [0.4, 0.5) is 5.00 Å². The second kappa shape index (κ2) is 6.35. The van der Waals surface area contributed by atoms with E-state index in [9.17, 15) is 10.1 Å². The summed E-state index contributed by atoms with van der Waals surface area (Å²) in [4.78, 5) is 13.6. The number of carbonyl (C=O) groups excluding carboxylic acids is 1. The van der Waals surface area contributed by atoms with Crippen LogP contribution in [0.3, 0.4) is 0 Å². The summed E-state index contributed by atoms with van der Waals surface area (Å²) in [5.41, 5.74) is 2.17. The number of amides is 1. The fourth-order valence-corrected chi connectivity index (χ4v) is 4.46. The van der Waals surface area contributed by atoms with Gasteiger partial charge in [0.2, 0.25) is 6.79 Å². The van der Waals surface area contributed by atoms with Crippen molar-refractivity contribution in [1.82, 2.24) is 5.32 Å². The van der Waals surface area contributed by atoms with Crippen LogP contribution in [0.15, 0.2) is 18.2 Å². The Balaban J connectivity index is 1.46. The maximum absolute atomic E-state index is 12.3. The molecule has 8 heteroatoms. The Labute approximate surface area is 153 Å². The fraction of sp³-hybridized carbons (Fsp3) is 0.235. The van der Waals surface area contributed by atoms with Gasteiger partial charge in [-0.05, 0) is 55.2 Å². The van der Waals surface area contributed by atoms with Gasteiger partial charge in [-0.3, -0.25) is 10.1 Å². The molecule has 1 aliphatic carbocycles. The summed E-state index contributed by atoms with van der Waals surface area (Å²) in [6.45, 7) is 0.153. The highest BCUT2D eigenvalue weighted by Crippen LogP contribution is 2.38. The summed E-state index contributed by atoms with van der Waals surface area (Å²) in [5.74, 6) is 0.801. The lowest BCUT2D eigenvalue weighted by atomic mass is 10.1. The minimum Gasteiger partial charge on any atom is -0.454 e. The average molecular weight is 371 g/mol. The van der Waals surface area contributed by atoms with Crippen molar-refractivity contribution in [2.24, 2.45) is 0 Å². The molecular weight excluding hydrogens is 358 g/mol. The van der Waals surface area contributed by atoms with Crippen LogP contribution in [-0.2, 0) is 12.8 Å². The van der Waals surface area contributed by atoms with Crippen molar-refractivity contribution in [3.63, 3.8) is 0 Å². The molecule has 0 saturated carbocycles. The fourth-order valence-electron chi connectivity index (χ4n) is 2.96. The molecule has 0 spiro atoms. The molecule has 2 heterocycles. The van der Waals surface area contributed by atoms with E-state index < -0.39 is 0 Å². The van der Waals surface area contributed by atoms with E-state index >= 15 is 0 Å². The first-order valence-electron chi connectivity index (χ1n) is 7.72. The zero-order valence-electron chi connectivity index (χ0n) is 13.0. The van der Waals surface area contributed by atoms with Crippen molar-refractivity contribution in [2.45, 2.75) is 19.3 Å². The third-order valence-corrected chi connectivity index (χ3v) is 5.53. The van der Waals surface area contributed by atoms with Crippen LogP contribution in [0.1, 0.15) is 32.8 Å². The molecule has 4 rings (SSSR count). The molecule has 1 aliphatic heterocycles. The van der Waals surface area contributed by atoms with E-state index in [1.807, 2.05) is 0 Å². The van der Waals surface area contributed by atoms with Crippen molar-refractivity contribution in [1.29, 1.82) is 5.26 Å². The molecule has 0 atom stereocenters. The highest BCUT2D eigenvalue weighted by molar-refractivity contribution is 7.80. The van der Waals surface area contributed by atoms with Gasteiger partial charge in [0.05, 0.1) is 5.56 Å². The quantitative estimate of drug-likeness (QED) is 0.790. The van der Waals surface area contributed by atoms with E-state index in [4.69, 9.17) is 21.7 Å². The number of anilines is 1. The molecule has 1 aromatic carbocycles. The number of nitrogens with zero attached hydrogens (tertiary/aromatic N) is 1. The van der Waals surface area contributed by atoms with Crippen molar-refractivity contribution in [3.8, 4) is 17.6 Å². The largest absolute Gasteiger partial charge is 0.454 e. The van der Waals surface area contributed by atoms with E-state index in [0.717, 1.165) is 24.8 Å². The summed E-state index contributed by atoms with van der Waals surface area (Å²) >= 11 is 6.76. The predicted octanol–water partition coefficient (Wildman–Crippen LogP) is 2.96. The average Bonchev–Trinajstić information content (AvgIpc) is 3.28. The molecule has 2 N–H and O–H groups in total. The molecule has 0 radical (unpaired) electrons. The number of nitrogens with one attached hydrogen (secondary N) is 2. The van der Waals surface area contributed by atoms with Gasteiger partial charge in [-0.25, -0.2) is 0 Å². The number of carbonyl (C=O) groups is 1. The first kappa shape index (κ1) is 15.9. The molecule has 25 heavy (non-hydrogen) atoms. The van der Waals surface area contributed by atoms with Gasteiger partial charge in [-0.15, -0.1) is 11.3 Å². The van der Waals surface area contributed by atoms with Gasteiger partial charge in [-0.2, -0.15) is 5.26 Å². The summed E-state index contributed by atoms with van der Waals surface area (Å²) < 4.78 is 10.5. The molecule has 0 saturated heterocycles. The lowest BCUT2D eigenvalue weighted by molar-refractivity contribution is 0.0977. The number of benzene rings is 1. The maximum Gasteiger partial charge on any atom is 0.257 e. The van der Waals surface area contributed by atoms with E-state index in [2.05, 4.69) is 16.7 Å². The van der Waals surface area contributed by atoms with Crippen molar-refractivity contribution >= 4 is 39.6 Å². The Morgan fingerprint density at radius 2 is 2.12 bits per heavy atom. The van der Waals surface area contributed by atoms with E-state index in [1.54, 1.807) is 18.2 Å². The minimum absolute atomic E-state index is 0.153. The standard InChI is InChI=1S/C17H13N3O3S2/c18-7-11-10-2-1-3-14(10)25-16(11)20-17(24)19-15(21)9-4-5-12-13(6-9)23-8-22-12/h4-6H,1-3,8H2,(H2,19,20,21,24). The zero-order chi connectivity index (χ0) is 17.4. The van der Waals surface area contributed by atoms with E-state index in [1.165, 1.54) is 16.2 Å².